The molecule has 20 heavy (non-hydrogen) atoms. The Kier molecular flexibility index (Phi) is 5.32. The first-order valence-electron chi connectivity index (χ1n) is 7.09. The fraction of sp³-hybridized carbons (Fsp3) is 0.438. The van der Waals surface area contributed by atoms with E-state index in [0.717, 1.165) is 24.1 Å². The van der Waals surface area contributed by atoms with Gasteiger partial charge in [-0.15, -0.1) is 0 Å². The molecule has 108 valence electrons. The van der Waals surface area contributed by atoms with Crippen LogP contribution in [-0.4, -0.2) is 23.3 Å². The van der Waals surface area contributed by atoms with Crippen LogP contribution in [0.15, 0.2) is 42.9 Å². The van der Waals surface area contributed by atoms with Gasteiger partial charge in [0.2, 0.25) is 0 Å². The third kappa shape index (κ3) is 3.26. The summed E-state index contributed by atoms with van der Waals surface area (Å²) in [5, 5.41) is 0. The minimum atomic E-state index is -0.157. The Balaban J connectivity index is 2.27. The maximum Gasteiger partial charge on any atom is 0.0952 e. The summed E-state index contributed by atoms with van der Waals surface area (Å²) in [6.45, 7) is 2.86. The van der Waals surface area contributed by atoms with Gasteiger partial charge in [0, 0.05) is 7.11 Å². The molecule has 2 aromatic rings. The van der Waals surface area contributed by atoms with Gasteiger partial charge in [0.05, 0.1) is 36.9 Å². The van der Waals surface area contributed by atoms with Gasteiger partial charge >= 0.3 is 0 Å². The highest BCUT2D eigenvalue weighted by Crippen LogP contribution is 2.24. The molecule has 0 bridgehead atoms. The van der Waals surface area contributed by atoms with Crippen molar-refractivity contribution in [2.75, 3.05) is 13.7 Å². The first-order valence-corrected chi connectivity index (χ1v) is 7.09. The molecule has 0 spiro atoms. The lowest BCUT2D eigenvalue weighted by molar-refractivity contribution is 0.148. The van der Waals surface area contributed by atoms with Crippen molar-refractivity contribution in [3.8, 4) is 0 Å². The normalized spacial score (nSPS) is 14.2. The highest BCUT2D eigenvalue weighted by atomic mass is 16.5. The van der Waals surface area contributed by atoms with Crippen molar-refractivity contribution in [2.24, 2.45) is 5.73 Å². The van der Waals surface area contributed by atoms with Gasteiger partial charge in [-0.05, 0) is 12.0 Å². The topological polar surface area (TPSA) is 53.1 Å². The van der Waals surface area contributed by atoms with E-state index in [1.165, 1.54) is 0 Å². The number of nitrogens with zero attached hydrogens (tertiary/aromatic N) is 2. The SMILES string of the molecule is CCCC(COC)n1cncc1C(N)c1ccccc1. The highest BCUT2D eigenvalue weighted by Gasteiger charge is 2.18. The third-order valence-electron chi connectivity index (χ3n) is 3.55. The van der Waals surface area contributed by atoms with Crippen molar-refractivity contribution in [2.45, 2.75) is 31.8 Å². The lowest BCUT2D eigenvalue weighted by Gasteiger charge is -2.22. The number of benzene rings is 1. The summed E-state index contributed by atoms with van der Waals surface area (Å²) in [5.41, 5.74) is 8.52. The van der Waals surface area contributed by atoms with E-state index in [-0.39, 0.29) is 12.1 Å². The van der Waals surface area contributed by atoms with Crippen LogP contribution >= 0.6 is 0 Å². The van der Waals surface area contributed by atoms with Crippen molar-refractivity contribution >= 4 is 0 Å². The number of aromatic nitrogens is 2. The van der Waals surface area contributed by atoms with Crippen molar-refractivity contribution in [1.29, 1.82) is 0 Å². The molecule has 0 aliphatic rings. The molecular weight excluding hydrogens is 250 g/mol. The number of rotatable bonds is 7. The van der Waals surface area contributed by atoms with E-state index in [1.807, 2.05) is 42.9 Å². The van der Waals surface area contributed by atoms with E-state index < -0.39 is 0 Å². The van der Waals surface area contributed by atoms with Crippen LogP contribution in [-0.2, 0) is 4.74 Å². The molecule has 2 rings (SSSR count). The monoisotopic (exact) mass is 273 g/mol. The van der Waals surface area contributed by atoms with Gasteiger partial charge in [-0.1, -0.05) is 43.7 Å². The molecule has 0 amide bonds. The summed E-state index contributed by atoms with van der Waals surface area (Å²) in [4.78, 5) is 4.28. The number of nitrogens with two attached hydrogens (primary N) is 1. The Morgan fingerprint density at radius 1 is 1.30 bits per heavy atom. The number of methoxy groups -OCH3 is 1. The number of hydrogen-bond donors (Lipinski definition) is 1. The fourth-order valence-corrected chi connectivity index (χ4v) is 2.52. The Morgan fingerprint density at radius 3 is 2.70 bits per heavy atom. The van der Waals surface area contributed by atoms with Crippen LogP contribution in [0.25, 0.3) is 0 Å². The summed E-state index contributed by atoms with van der Waals surface area (Å²) in [7, 11) is 1.73. The zero-order chi connectivity index (χ0) is 14.4. The average Bonchev–Trinajstić information content (AvgIpc) is 2.96. The Bertz CT molecular complexity index is 503. The largest absolute Gasteiger partial charge is 0.383 e. The van der Waals surface area contributed by atoms with Gasteiger partial charge in [0.25, 0.3) is 0 Å². The van der Waals surface area contributed by atoms with Crippen LogP contribution < -0.4 is 5.73 Å². The summed E-state index contributed by atoms with van der Waals surface area (Å²) >= 11 is 0. The average molecular weight is 273 g/mol. The number of imidazole rings is 1. The van der Waals surface area contributed by atoms with E-state index in [0.29, 0.717) is 6.61 Å². The molecule has 1 aromatic carbocycles. The second kappa shape index (κ2) is 7.22. The first kappa shape index (κ1) is 14.8. The van der Waals surface area contributed by atoms with E-state index in [4.69, 9.17) is 10.5 Å². The summed E-state index contributed by atoms with van der Waals surface area (Å²) < 4.78 is 7.49. The van der Waals surface area contributed by atoms with Crippen LogP contribution in [0.5, 0.6) is 0 Å². The second-order valence-corrected chi connectivity index (χ2v) is 5.01. The van der Waals surface area contributed by atoms with Gasteiger partial charge in [-0.2, -0.15) is 0 Å². The Morgan fingerprint density at radius 2 is 2.05 bits per heavy atom. The fourth-order valence-electron chi connectivity index (χ4n) is 2.52. The quantitative estimate of drug-likeness (QED) is 0.844. The molecule has 4 heteroatoms. The predicted molar refractivity (Wildman–Crippen MR) is 80.5 cm³/mol. The second-order valence-electron chi connectivity index (χ2n) is 5.01. The van der Waals surface area contributed by atoms with Crippen molar-refractivity contribution in [3.63, 3.8) is 0 Å². The minimum Gasteiger partial charge on any atom is -0.383 e. The maximum atomic E-state index is 6.39. The van der Waals surface area contributed by atoms with Crippen LogP contribution in [0, 0.1) is 0 Å². The zero-order valence-corrected chi connectivity index (χ0v) is 12.2. The Hall–Kier alpha value is -1.65. The standard InChI is InChI=1S/C16H23N3O/c1-3-7-14(11-20-2)19-12-18-10-15(19)16(17)13-8-5-4-6-9-13/h4-6,8-10,12,14,16H,3,7,11,17H2,1-2H3. The highest BCUT2D eigenvalue weighted by molar-refractivity contribution is 5.26. The van der Waals surface area contributed by atoms with Gasteiger partial charge in [0.15, 0.2) is 0 Å². The lowest BCUT2D eigenvalue weighted by atomic mass is 10.0. The minimum absolute atomic E-state index is 0.157. The number of ether oxygens (including phenoxy) is 1. The smallest absolute Gasteiger partial charge is 0.0952 e. The van der Waals surface area contributed by atoms with Gasteiger partial charge in [-0.25, -0.2) is 4.98 Å². The molecule has 1 heterocycles. The summed E-state index contributed by atoms with van der Waals surface area (Å²) in [5.74, 6) is 0. The molecule has 0 fully saturated rings. The Labute approximate surface area is 120 Å². The van der Waals surface area contributed by atoms with E-state index in [2.05, 4.69) is 16.5 Å². The van der Waals surface area contributed by atoms with E-state index in [9.17, 15) is 0 Å². The maximum absolute atomic E-state index is 6.39. The van der Waals surface area contributed by atoms with Gasteiger partial charge < -0.3 is 15.0 Å². The lowest BCUT2D eigenvalue weighted by Crippen LogP contribution is -2.22. The molecule has 1 aromatic heterocycles. The molecule has 0 saturated carbocycles. The molecule has 2 atom stereocenters. The van der Waals surface area contributed by atoms with E-state index in [1.54, 1.807) is 7.11 Å². The summed E-state index contributed by atoms with van der Waals surface area (Å²) in [6, 6.07) is 10.2. The zero-order valence-electron chi connectivity index (χ0n) is 12.2. The van der Waals surface area contributed by atoms with Crippen molar-refractivity contribution in [1.82, 2.24) is 9.55 Å². The molecule has 0 saturated heterocycles. The first-order chi connectivity index (χ1) is 9.77. The van der Waals surface area contributed by atoms with Gasteiger partial charge in [-0.3, -0.25) is 0 Å². The molecular formula is C16H23N3O. The molecule has 2 N–H and O–H groups in total. The van der Waals surface area contributed by atoms with Crippen LogP contribution in [0.1, 0.15) is 43.1 Å². The van der Waals surface area contributed by atoms with Crippen molar-refractivity contribution < 1.29 is 4.74 Å². The summed E-state index contributed by atoms with van der Waals surface area (Å²) in [6.07, 6.45) is 5.87. The molecule has 2 unspecified atom stereocenters. The van der Waals surface area contributed by atoms with Crippen molar-refractivity contribution in [3.05, 3.63) is 54.1 Å². The molecule has 4 nitrogen and oxygen atoms in total. The molecule has 0 aliphatic carbocycles. The number of hydrogen-bond acceptors (Lipinski definition) is 3. The van der Waals surface area contributed by atoms with E-state index >= 15 is 0 Å². The van der Waals surface area contributed by atoms with Crippen LogP contribution in [0.4, 0.5) is 0 Å². The molecule has 0 aliphatic heterocycles. The van der Waals surface area contributed by atoms with Crippen LogP contribution in [0.3, 0.4) is 0 Å². The molecule has 0 radical (unpaired) electrons. The third-order valence-corrected chi connectivity index (χ3v) is 3.55. The predicted octanol–water partition coefficient (Wildman–Crippen LogP) is 2.92. The van der Waals surface area contributed by atoms with Crippen LogP contribution in [0.2, 0.25) is 0 Å². The van der Waals surface area contributed by atoms with Gasteiger partial charge in [0.1, 0.15) is 0 Å².